The van der Waals surface area contributed by atoms with Gasteiger partial charge >= 0.3 is 0 Å². The summed E-state index contributed by atoms with van der Waals surface area (Å²) in [7, 11) is -1.31. The minimum absolute atomic E-state index is 0.174. The lowest BCUT2D eigenvalue weighted by Gasteiger charge is -2.19. The molecule has 5 aromatic rings. The number of hydrogen-bond donors (Lipinski definition) is 0. The maximum absolute atomic E-state index is 13.6. The summed E-state index contributed by atoms with van der Waals surface area (Å²) in [6, 6.07) is 18.9. The quantitative estimate of drug-likeness (QED) is 0.338. The van der Waals surface area contributed by atoms with E-state index in [1.807, 2.05) is 12.1 Å². The van der Waals surface area contributed by atoms with Gasteiger partial charge in [0.05, 0.1) is 33.9 Å². The van der Waals surface area contributed by atoms with Gasteiger partial charge in [-0.15, -0.1) is 0 Å². The molecule has 170 valence electrons. The van der Waals surface area contributed by atoms with E-state index in [0.717, 1.165) is 42.2 Å². The van der Waals surface area contributed by atoms with Gasteiger partial charge in [0.2, 0.25) is 5.16 Å². The van der Waals surface area contributed by atoms with Gasteiger partial charge in [0, 0.05) is 42.7 Å². The Morgan fingerprint density at radius 2 is 1.88 bits per heavy atom. The number of benzene rings is 2. The molecule has 3 aromatic heterocycles. The van der Waals surface area contributed by atoms with E-state index >= 15 is 0 Å². The van der Waals surface area contributed by atoms with Gasteiger partial charge in [-0.1, -0.05) is 18.2 Å². The van der Waals surface area contributed by atoms with Crippen LogP contribution in [-0.4, -0.2) is 34.6 Å². The van der Waals surface area contributed by atoms with E-state index in [1.54, 1.807) is 24.6 Å². The molecule has 0 saturated heterocycles. The van der Waals surface area contributed by atoms with Crippen molar-refractivity contribution in [1.82, 2.24) is 24.1 Å². The topological polar surface area (TPSA) is 65.6 Å². The second-order valence-electron chi connectivity index (χ2n) is 8.50. The molecule has 34 heavy (non-hydrogen) atoms. The van der Waals surface area contributed by atoms with Crippen LogP contribution >= 0.6 is 0 Å². The predicted octanol–water partition coefficient (Wildman–Crippen LogP) is 5.03. The number of aromatic nitrogens is 5. The van der Waals surface area contributed by atoms with Crippen LogP contribution in [0, 0.1) is 5.82 Å². The lowest BCUT2D eigenvalue weighted by atomic mass is 10.1. The van der Waals surface area contributed by atoms with Gasteiger partial charge < -0.3 is 9.13 Å². The van der Waals surface area contributed by atoms with E-state index in [9.17, 15) is 8.60 Å². The molecule has 0 amide bonds. The zero-order valence-electron chi connectivity index (χ0n) is 18.6. The Hall–Kier alpha value is -3.65. The van der Waals surface area contributed by atoms with Crippen LogP contribution in [0.25, 0.3) is 33.5 Å². The molecule has 6 rings (SSSR count). The summed E-state index contributed by atoms with van der Waals surface area (Å²) >= 11 is 0. The van der Waals surface area contributed by atoms with Gasteiger partial charge in [0.25, 0.3) is 0 Å². The summed E-state index contributed by atoms with van der Waals surface area (Å²) in [4.78, 5) is 13.8. The standard InChI is InChI=1S/C26H22FN5OS/c1-34(33)26-28-14-12-21(29-26)25-24(18-6-8-19(27)9-7-18)30-23-11-10-20(32(23)25)16-31-15-13-17-4-2-3-5-22(17)31/h2-9,12-15,20H,10-11,16H2,1H3. The van der Waals surface area contributed by atoms with Crippen molar-refractivity contribution in [3.63, 3.8) is 0 Å². The number of aryl methyl sites for hydroxylation is 1. The molecule has 4 heterocycles. The van der Waals surface area contributed by atoms with E-state index < -0.39 is 10.8 Å². The van der Waals surface area contributed by atoms with Crippen LogP contribution in [0.15, 0.2) is 78.2 Å². The molecule has 2 aromatic carbocycles. The van der Waals surface area contributed by atoms with Crippen molar-refractivity contribution in [3.8, 4) is 22.6 Å². The first kappa shape index (κ1) is 20.9. The first-order valence-corrected chi connectivity index (χ1v) is 12.7. The van der Waals surface area contributed by atoms with E-state index in [0.29, 0.717) is 5.69 Å². The lowest BCUT2D eigenvalue weighted by molar-refractivity contribution is 0.459. The fourth-order valence-electron chi connectivity index (χ4n) is 4.84. The van der Waals surface area contributed by atoms with E-state index in [1.165, 1.54) is 23.0 Å². The number of hydrogen-bond acceptors (Lipinski definition) is 4. The Bertz CT molecular complexity index is 1540. The molecule has 0 saturated carbocycles. The maximum atomic E-state index is 13.6. The third-order valence-corrected chi connectivity index (χ3v) is 7.10. The van der Waals surface area contributed by atoms with Crippen molar-refractivity contribution < 1.29 is 8.60 Å². The van der Waals surface area contributed by atoms with Crippen molar-refractivity contribution in [1.29, 1.82) is 0 Å². The summed E-state index contributed by atoms with van der Waals surface area (Å²) in [5.41, 5.74) is 4.30. The van der Waals surface area contributed by atoms with Crippen molar-refractivity contribution >= 4 is 21.7 Å². The van der Waals surface area contributed by atoms with Crippen LogP contribution in [0.1, 0.15) is 18.3 Å². The Kier molecular flexibility index (Phi) is 5.10. The molecule has 8 heteroatoms. The first-order chi connectivity index (χ1) is 16.6. The molecule has 0 aliphatic carbocycles. The van der Waals surface area contributed by atoms with Crippen LogP contribution in [0.2, 0.25) is 0 Å². The molecule has 0 spiro atoms. The zero-order chi connectivity index (χ0) is 23.2. The fraction of sp³-hybridized carbons (Fsp3) is 0.192. The van der Waals surface area contributed by atoms with E-state index in [4.69, 9.17) is 4.98 Å². The predicted molar refractivity (Wildman–Crippen MR) is 130 cm³/mol. The number of imidazole rings is 1. The van der Waals surface area contributed by atoms with Crippen LogP contribution in [0.5, 0.6) is 0 Å². The summed E-state index contributed by atoms with van der Waals surface area (Å²) < 4.78 is 30.3. The Labute approximate surface area is 198 Å². The molecule has 1 aliphatic rings. The highest BCUT2D eigenvalue weighted by Gasteiger charge is 2.31. The van der Waals surface area contributed by atoms with Gasteiger partial charge in [0.15, 0.2) is 0 Å². The Balaban J connectivity index is 1.51. The second-order valence-corrected chi connectivity index (χ2v) is 9.77. The van der Waals surface area contributed by atoms with Crippen LogP contribution < -0.4 is 0 Å². The number of rotatable bonds is 5. The average molecular weight is 472 g/mol. The molecule has 0 fully saturated rings. The number of para-hydroxylation sites is 1. The van der Waals surface area contributed by atoms with Crippen molar-refractivity contribution in [2.24, 2.45) is 0 Å². The molecule has 2 atom stereocenters. The maximum Gasteiger partial charge on any atom is 0.218 e. The molecular weight excluding hydrogens is 449 g/mol. The summed E-state index contributed by atoms with van der Waals surface area (Å²) in [5, 5.41) is 1.49. The monoisotopic (exact) mass is 471 g/mol. The molecule has 0 N–H and O–H groups in total. The largest absolute Gasteiger partial charge is 0.345 e. The molecule has 6 nitrogen and oxygen atoms in total. The molecule has 0 radical (unpaired) electrons. The van der Waals surface area contributed by atoms with Crippen LogP contribution in [0.3, 0.4) is 0 Å². The van der Waals surface area contributed by atoms with Crippen LogP contribution in [-0.2, 0) is 23.8 Å². The van der Waals surface area contributed by atoms with Crippen molar-refractivity contribution in [2.45, 2.75) is 30.6 Å². The Morgan fingerprint density at radius 1 is 1.06 bits per heavy atom. The molecular formula is C26H22FN5OS. The Morgan fingerprint density at radius 3 is 2.71 bits per heavy atom. The molecule has 1 aliphatic heterocycles. The third kappa shape index (κ3) is 3.54. The number of fused-ring (bicyclic) bond motifs is 2. The minimum Gasteiger partial charge on any atom is -0.345 e. The normalized spacial score (nSPS) is 16.1. The fourth-order valence-corrected chi connectivity index (χ4v) is 5.27. The number of halogens is 1. The van der Waals surface area contributed by atoms with E-state index in [-0.39, 0.29) is 17.0 Å². The summed E-state index contributed by atoms with van der Waals surface area (Å²) in [6.07, 6.45) is 7.14. The van der Waals surface area contributed by atoms with Crippen molar-refractivity contribution in [3.05, 3.63) is 84.7 Å². The summed E-state index contributed by atoms with van der Waals surface area (Å²) in [6.45, 7) is 0.796. The average Bonchev–Trinajstić information content (AvgIpc) is 3.54. The van der Waals surface area contributed by atoms with Crippen molar-refractivity contribution in [2.75, 3.05) is 6.26 Å². The zero-order valence-corrected chi connectivity index (χ0v) is 19.4. The first-order valence-electron chi connectivity index (χ1n) is 11.2. The summed E-state index contributed by atoms with van der Waals surface area (Å²) in [5.74, 6) is 0.689. The third-order valence-electron chi connectivity index (χ3n) is 6.39. The van der Waals surface area contributed by atoms with Gasteiger partial charge in [-0.2, -0.15) is 0 Å². The second kappa shape index (κ2) is 8.29. The highest BCUT2D eigenvalue weighted by Crippen LogP contribution is 2.40. The van der Waals surface area contributed by atoms with Gasteiger partial charge in [-0.05, 0) is 54.3 Å². The lowest BCUT2D eigenvalue weighted by Crippen LogP contribution is -2.14. The van der Waals surface area contributed by atoms with Gasteiger partial charge in [-0.3, -0.25) is 4.21 Å². The highest BCUT2D eigenvalue weighted by atomic mass is 32.2. The number of nitrogens with zero attached hydrogens (tertiary/aromatic N) is 5. The minimum atomic E-state index is -1.31. The van der Waals surface area contributed by atoms with Crippen LogP contribution in [0.4, 0.5) is 4.39 Å². The van der Waals surface area contributed by atoms with Gasteiger partial charge in [-0.25, -0.2) is 19.3 Å². The molecule has 2 unspecified atom stereocenters. The smallest absolute Gasteiger partial charge is 0.218 e. The highest BCUT2D eigenvalue weighted by molar-refractivity contribution is 7.84. The van der Waals surface area contributed by atoms with Gasteiger partial charge in [0.1, 0.15) is 11.6 Å². The molecule has 0 bridgehead atoms. The SMILES string of the molecule is CS(=O)c1nccc(-c2c(-c3ccc(F)cc3)nc3n2C(Cn2ccc4ccccc42)CC3)n1. The van der Waals surface area contributed by atoms with E-state index in [2.05, 4.69) is 49.6 Å².